The molecular formula is C20H21ClN4O2S. The van der Waals surface area contributed by atoms with Crippen molar-refractivity contribution in [1.29, 1.82) is 5.26 Å². The van der Waals surface area contributed by atoms with Crippen molar-refractivity contribution in [3.8, 4) is 6.07 Å². The normalized spacial score (nSPS) is 15.0. The van der Waals surface area contributed by atoms with Crippen LogP contribution in [0.1, 0.15) is 24.0 Å². The van der Waals surface area contributed by atoms with E-state index in [2.05, 4.69) is 32.4 Å². The van der Waals surface area contributed by atoms with E-state index >= 15 is 0 Å². The van der Waals surface area contributed by atoms with Gasteiger partial charge < -0.3 is 10.6 Å². The number of likely N-dealkylation sites (tertiary alicyclic amines) is 1. The number of hydrogen-bond donors (Lipinski definition) is 2. The molecular weight excluding hydrogens is 396 g/mol. The smallest absolute Gasteiger partial charge is 0.313 e. The van der Waals surface area contributed by atoms with Crippen molar-refractivity contribution in [2.24, 2.45) is 5.92 Å². The predicted molar refractivity (Wildman–Crippen MR) is 110 cm³/mol. The molecule has 2 amide bonds. The average molecular weight is 417 g/mol. The summed E-state index contributed by atoms with van der Waals surface area (Å²) in [6, 6.07) is 8.62. The van der Waals surface area contributed by atoms with Crippen LogP contribution < -0.4 is 10.6 Å². The second kappa shape index (κ2) is 9.69. The van der Waals surface area contributed by atoms with Crippen LogP contribution >= 0.6 is 22.9 Å². The van der Waals surface area contributed by atoms with Gasteiger partial charge in [0.15, 0.2) is 0 Å². The Kier molecular flexibility index (Phi) is 7.04. The van der Waals surface area contributed by atoms with E-state index in [1.165, 1.54) is 17.7 Å². The number of nitriles is 1. The fourth-order valence-corrected chi connectivity index (χ4v) is 4.04. The van der Waals surface area contributed by atoms with E-state index in [0.29, 0.717) is 17.5 Å². The number of benzene rings is 1. The SMILES string of the molecule is N#Cc1ccc(Cl)cc1NC(=O)C(=O)NCC1CCN(Cc2ccsc2)CC1. The van der Waals surface area contributed by atoms with Gasteiger partial charge in [-0.2, -0.15) is 16.6 Å². The van der Waals surface area contributed by atoms with Gasteiger partial charge in [0, 0.05) is 18.1 Å². The highest BCUT2D eigenvalue weighted by Gasteiger charge is 2.22. The van der Waals surface area contributed by atoms with Gasteiger partial charge in [-0.1, -0.05) is 11.6 Å². The summed E-state index contributed by atoms with van der Waals surface area (Å²) in [6.45, 7) is 3.40. The molecule has 2 aromatic rings. The topological polar surface area (TPSA) is 85.2 Å². The van der Waals surface area contributed by atoms with Crippen LogP contribution in [0.4, 0.5) is 5.69 Å². The molecule has 0 atom stereocenters. The third kappa shape index (κ3) is 5.55. The zero-order chi connectivity index (χ0) is 19.9. The van der Waals surface area contributed by atoms with Gasteiger partial charge in [0.1, 0.15) is 6.07 Å². The maximum Gasteiger partial charge on any atom is 0.313 e. The molecule has 0 unspecified atom stereocenters. The molecule has 146 valence electrons. The van der Waals surface area contributed by atoms with Crippen molar-refractivity contribution in [3.05, 3.63) is 51.2 Å². The van der Waals surface area contributed by atoms with Gasteiger partial charge in [-0.3, -0.25) is 14.5 Å². The van der Waals surface area contributed by atoms with Crippen molar-refractivity contribution in [2.45, 2.75) is 19.4 Å². The van der Waals surface area contributed by atoms with Gasteiger partial charge >= 0.3 is 11.8 Å². The Morgan fingerprint density at radius 3 is 2.71 bits per heavy atom. The van der Waals surface area contributed by atoms with Crippen LogP contribution in [0.2, 0.25) is 5.02 Å². The molecule has 0 spiro atoms. The minimum atomic E-state index is -0.798. The lowest BCUT2D eigenvalue weighted by Gasteiger charge is -2.31. The van der Waals surface area contributed by atoms with Gasteiger partial charge in [0.25, 0.3) is 0 Å². The van der Waals surface area contributed by atoms with Gasteiger partial charge in [-0.25, -0.2) is 0 Å². The molecule has 2 N–H and O–H groups in total. The number of amides is 2. The Morgan fingerprint density at radius 1 is 1.25 bits per heavy atom. The number of nitrogens with zero attached hydrogens (tertiary/aromatic N) is 2. The van der Waals surface area contributed by atoms with E-state index in [1.54, 1.807) is 17.4 Å². The first-order valence-electron chi connectivity index (χ1n) is 9.07. The molecule has 0 saturated carbocycles. The van der Waals surface area contributed by atoms with E-state index in [0.717, 1.165) is 32.5 Å². The lowest BCUT2D eigenvalue weighted by molar-refractivity contribution is -0.136. The highest BCUT2D eigenvalue weighted by molar-refractivity contribution is 7.07. The molecule has 1 aromatic carbocycles. The first kappa shape index (κ1) is 20.3. The predicted octanol–water partition coefficient (Wildman–Crippen LogP) is 3.24. The van der Waals surface area contributed by atoms with Gasteiger partial charge in [-0.05, 0) is 72.4 Å². The Morgan fingerprint density at radius 2 is 2.04 bits per heavy atom. The van der Waals surface area contributed by atoms with Crippen molar-refractivity contribution < 1.29 is 9.59 Å². The van der Waals surface area contributed by atoms with Crippen molar-refractivity contribution >= 4 is 40.4 Å². The van der Waals surface area contributed by atoms with Crippen LogP contribution in [-0.2, 0) is 16.1 Å². The van der Waals surface area contributed by atoms with E-state index in [1.807, 2.05) is 6.07 Å². The summed E-state index contributed by atoms with van der Waals surface area (Å²) in [5.74, 6) is -1.14. The Bertz CT molecular complexity index is 871. The summed E-state index contributed by atoms with van der Waals surface area (Å²) in [5, 5.41) is 18.9. The molecule has 1 aliphatic heterocycles. The van der Waals surface area contributed by atoms with E-state index in [4.69, 9.17) is 16.9 Å². The molecule has 1 saturated heterocycles. The van der Waals surface area contributed by atoms with Gasteiger partial charge in [0.2, 0.25) is 0 Å². The molecule has 1 fully saturated rings. The number of thiophene rings is 1. The highest BCUT2D eigenvalue weighted by atomic mass is 35.5. The summed E-state index contributed by atoms with van der Waals surface area (Å²) in [4.78, 5) is 26.6. The highest BCUT2D eigenvalue weighted by Crippen LogP contribution is 2.21. The number of carbonyl (C=O) groups is 2. The van der Waals surface area contributed by atoms with E-state index in [-0.39, 0.29) is 11.3 Å². The van der Waals surface area contributed by atoms with Crippen LogP contribution in [0.25, 0.3) is 0 Å². The second-order valence-corrected chi connectivity index (χ2v) is 8.03. The summed E-state index contributed by atoms with van der Waals surface area (Å²) in [6.07, 6.45) is 1.97. The Hall–Kier alpha value is -2.40. The van der Waals surface area contributed by atoms with Crippen LogP contribution in [0.15, 0.2) is 35.0 Å². The van der Waals surface area contributed by atoms with E-state index < -0.39 is 11.8 Å². The fourth-order valence-electron chi connectivity index (χ4n) is 3.20. The molecule has 2 heterocycles. The van der Waals surface area contributed by atoms with Crippen LogP contribution in [-0.4, -0.2) is 36.3 Å². The molecule has 0 bridgehead atoms. The van der Waals surface area contributed by atoms with Crippen LogP contribution in [0.3, 0.4) is 0 Å². The van der Waals surface area contributed by atoms with Crippen molar-refractivity contribution in [3.63, 3.8) is 0 Å². The number of rotatable bonds is 5. The Labute approximate surface area is 173 Å². The second-order valence-electron chi connectivity index (χ2n) is 6.82. The van der Waals surface area contributed by atoms with Crippen molar-refractivity contribution in [2.75, 3.05) is 25.0 Å². The van der Waals surface area contributed by atoms with Crippen molar-refractivity contribution in [1.82, 2.24) is 10.2 Å². The van der Waals surface area contributed by atoms with Crippen LogP contribution in [0, 0.1) is 17.2 Å². The standard InChI is InChI=1S/C20H21ClN4O2S/c21-17-2-1-16(10-22)18(9-17)24-20(27)19(26)23-11-14-3-6-25(7-4-14)12-15-5-8-28-13-15/h1-2,5,8-9,13-14H,3-4,6-7,11-12H2,(H,23,26)(H,24,27). The summed E-state index contributed by atoms with van der Waals surface area (Å²) >= 11 is 7.60. The molecule has 1 aliphatic rings. The third-order valence-electron chi connectivity index (χ3n) is 4.80. The van der Waals surface area contributed by atoms with Gasteiger partial charge in [0.05, 0.1) is 11.3 Å². The number of nitrogens with one attached hydrogen (secondary N) is 2. The number of carbonyl (C=O) groups excluding carboxylic acids is 2. The molecule has 0 radical (unpaired) electrons. The fraction of sp³-hybridized carbons (Fsp3) is 0.350. The summed E-state index contributed by atoms with van der Waals surface area (Å²) < 4.78 is 0. The average Bonchev–Trinajstić information content (AvgIpc) is 3.20. The van der Waals surface area contributed by atoms with Gasteiger partial charge in [-0.15, -0.1) is 0 Å². The third-order valence-corrected chi connectivity index (χ3v) is 5.77. The maximum atomic E-state index is 12.1. The maximum absolute atomic E-state index is 12.1. The number of halogens is 1. The zero-order valence-electron chi connectivity index (χ0n) is 15.3. The quantitative estimate of drug-likeness (QED) is 0.732. The number of hydrogen-bond acceptors (Lipinski definition) is 5. The van der Waals surface area contributed by atoms with E-state index in [9.17, 15) is 9.59 Å². The molecule has 8 heteroatoms. The molecule has 6 nitrogen and oxygen atoms in total. The molecule has 0 aliphatic carbocycles. The largest absolute Gasteiger partial charge is 0.348 e. The molecule has 28 heavy (non-hydrogen) atoms. The first-order chi connectivity index (χ1) is 13.5. The molecule has 1 aromatic heterocycles. The summed E-state index contributed by atoms with van der Waals surface area (Å²) in [5.41, 5.74) is 1.83. The number of piperidine rings is 1. The lowest BCUT2D eigenvalue weighted by atomic mass is 9.96. The first-order valence-corrected chi connectivity index (χ1v) is 10.4. The minimum Gasteiger partial charge on any atom is -0.348 e. The summed E-state index contributed by atoms with van der Waals surface area (Å²) in [7, 11) is 0. The van der Waals surface area contributed by atoms with Crippen LogP contribution in [0.5, 0.6) is 0 Å². The number of anilines is 1. The monoisotopic (exact) mass is 416 g/mol. The molecule has 3 rings (SSSR count). The Balaban J connectivity index is 1.42. The zero-order valence-corrected chi connectivity index (χ0v) is 16.9. The lowest BCUT2D eigenvalue weighted by Crippen LogP contribution is -2.41. The minimum absolute atomic E-state index is 0.233.